The highest BCUT2D eigenvalue weighted by molar-refractivity contribution is 7.18. The van der Waals surface area contributed by atoms with Crippen molar-refractivity contribution in [2.45, 2.75) is 13.8 Å². The van der Waals surface area contributed by atoms with Crippen molar-refractivity contribution in [3.63, 3.8) is 0 Å². The van der Waals surface area contributed by atoms with Crippen LogP contribution in [0.2, 0.25) is 0 Å². The number of carbonyl (C=O) groups is 2. The maximum Gasteiger partial charge on any atom is 0.261 e. The van der Waals surface area contributed by atoms with Gasteiger partial charge < -0.3 is 20.5 Å². The van der Waals surface area contributed by atoms with E-state index in [1.165, 1.54) is 16.9 Å². The van der Waals surface area contributed by atoms with Crippen molar-refractivity contribution in [2.75, 3.05) is 29.9 Å². The number of aryl methyl sites for hydroxylation is 1. The Kier molecular flexibility index (Phi) is 5.72. The van der Waals surface area contributed by atoms with Gasteiger partial charge in [0.05, 0.1) is 10.5 Å². The van der Waals surface area contributed by atoms with E-state index in [9.17, 15) is 9.59 Å². The molecule has 30 heavy (non-hydrogen) atoms. The van der Waals surface area contributed by atoms with Gasteiger partial charge in [-0.25, -0.2) is 0 Å². The zero-order valence-corrected chi connectivity index (χ0v) is 17.8. The summed E-state index contributed by atoms with van der Waals surface area (Å²) in [7, 11) is 0. The van der Waals surface area contributed by atoms with Gasteiger partial charge in [0.15, 0.2) is 0 Å². The highest BCUT2D eigenvalue weighted by atomic mass is 32.1. The Bertz CT molecular complexity index is 1100. The molecule has 3 heterocycles. The van der Waals surface area contributed by atoms with Crippen LogP contribution in [0.25, 0.3) is 11.6 Å². The van der Waals surface area contributed by atoms with Gasteiger partial charge in [0.2, 0.25) is 0 Å². The molecule has 4 rings (SSSR count). The predicted molar refractivity (Wildman–Crippen MR) is 123 cm³/mol. The van der Waals surface area contributed by atoms with Gasteiger partial charge in [0.25, 0.3) is 11.8 Å². The second-order valence-electron chi connectivity index (χ2n) is 7.17. The highest BCUT2D eigenvalue weighted by Crippen LogP contribution is 2.39. The van der Waals surface area contributed by atoms with Gasteiger partial charge in [-0.2, -0.15) is 0 Å². The summed E-state index contributed by atoms with van der Waals surface area (Å²) >= 11 is 1.30. The first-order valence-corrected chi connectivity index (χ1v) is 10.8. The summed E-state index contributed by atoms with van der Waals surface area (Å²) in [5, 5.41) is 6.57. The molecule has 154 valence electrons. The van der Waals surface area contributed by atoms with Crippen LogP contribution in [0.4, 0.5) is 10.7 Å². The van der Waals surface area contributed by atoms with E-state index in [1.807, 2.05) is 24.4 Å². The van der Waals surface area contributed by atoms with Gasteiger partial charge in [0.1, 0.15) is 5.00 Å². The van der Waals surface area contributed by atoms with E-state index < -0.39 is 0 Å². The smallest absolute Gasteiger partial charge is 0.261 e. The van der Waals surface area contributed by atoms with E-state index in [1.54, 1.807) is 12.1 Å². The molecule has 0 atom stereocenters. The third-order valence-corrected chi connectivity index (χ3v) is 6.10. The van der Waals surface area contributed by atoms with E-state index in [0.717, 1.165) is 35.0 Å². The number of carbonyl (C=O) groups excluding carboxylic acids is 2. The zero-order valence-electron chi connectivity index (χ0n) is 17.0. The molecule has 1 aliphatic heterocycles. The predicted octanol–water partition coefficient (Wildman–Crippen LogP) is 4.13. The normalized spacial score (nSPS) is 13.9. The summed E-state index contributed by atoms with van der Waals surface area (Å²) in [5.74, 6) is -0.266. The molecule has 6 nitrogen and oxygen atoms in total. The second kappa shape index (κ2) is 8.59. The van der Waals surface area contributed by atoms with Crippen LogP contribution in [-0.2, 0) is 4.79 Å². The summed E-state index contributed by atoms with van der Waals surface area (Å²) in [5.41, 5.74) is 4.57. The van der Waals surface area contributed by atoms with Crippen molar-refractivity contribution < 1.29 is 9.59 Å². The van der Waals surface area contributed by atoms with Crippen LogP contribution in [-0.4, -0.2) is 36.4 Å². The maximum atomic E-state index is 12.7. The Morgan fingerprint density at radius 1 is 1.23 bits per heavy atom. The van der Waals surface area contributed by atoms with Crippen LogP contribution in [0.3, 0.4) is 0 Å². The molecule has 0 radical (unpaired) electrons. The van der Waals surface area contributed by atoms with Crippen molar-refractivity contribution in [3.05, 3.63) is 70.4 Å². The highest BCUT2D eigenvalue weighted by Gasteiger charge is 2.28. The second-order valence-corrected chi connectivity index (χ2v) is 8.22. The van der Waals surface area contributed by atoms with Gasteiger partial charge in [0, 0.05) is 42.8 Å². The summed E-state index contributed by atoms with van der Waals surface area (Å²) in [4.78, 5) is 30.8. The monoisotopic (exact) mass is 420 g/mol. The summed E-state index contributed by atoms with van der Waals surface area (Å²) in [6.45, 7) is 6.32. The lowest BCUT2D eigenvalue weighted by Crippen LogP contribution is -2.34. The number of benzene rings is 1. The van der Waals surface area contributed by atoms with Gasteiger partial charge in [-0.1, -0.05) is 12.1 Å². The Labute approximate surface area is 179 Å². The molecule has 7 heteroatoms. The van der Waals surface area contributed by atoms with Gasteiger partial charge >= 0.3 is 0 Å². The molecule has 3 aromatic rings. The zero-order chi connectivity index (χ0) is 21.1. The number of hydrogen-bond acceptors (Lipinski definition) is 4. The molecule has 3 N–H and O–H groups in total. The molecule has 0 saturated carbocycles. The van der Waals surface area contributed by atoms with Crippen LogP contribution in [0.5, 0.6) is 0 Å². The van der Waals surface area contributed by atoms with E-state index in [0.29, 0.717) is 17.0 Å². The minimum absolute atomic E-state index is 0.122. The number of anilines is 2. The lowest BCUT2D eigenvalue weighted by molar-refractivity contribution is -0.110. The molecule has 0 saturated heterocycles. The molecule has 2 amide bonds. The Morgan fingerprint density at radius 2 is 2.10 bits per heavy atom. The number of amides is 2. The standard InChI is InChI=1S/C23H24N4O2S/c1-3-27(17-8-4-6-15(2)12-17)11-10-25-22(29)20-14-19-18(13-16-7-5-9-24-16)21(28)26-23(19)30-20/h4-9,12-14,24H,3,10-11H2,1-2H3,(H,25,29)(H,26,28)/b18-13+. The maximum absolute atomic E-state index is 12.7. The number of thiophene rings is 1. The number of nitrogens with one attached hydrogen (secondary N) is 3. The third kappa shape index (κ3) is 4.16. The Balaban J connectivity index is 1.41. The topological polar surface area (TPSA) is 77.2 Å². The average Bonchev–Trinajstić information content (AvgIpc) is 3.44. The molecular formula is C23H24N4O2S. The molecule has 0 fully saturated rings. The van der Waals surface area contributed by atoms with Crippen LogP contribution < -0.4 is 15.5 Å². The van der Waals surface area contributed by atoms with Crippen molar-refractivity contribution in [1.82, 2.24) is 10.3 Å². The van der Waals surface area contributed by atoms with Crippen LogP contribution in [0, 0.1) is 6.92 Å². The van der Waals surface area contributed by atoms with Crippen molar-refractivity contribution in [3.8, 4) is 0 Å². The number of fused-ring (bicyclic) bond motifs is 1. The molecule has 0 unspecified atom stereocenters. The molecule has 1 aliphatic rings. The SMILES string of the molecule is CCN(CCNC(=O)c1cc2c(s1)NC(=O)/C2=C/c1ccc[nH]1)c1cccc(C)c1. The number of H-pyrrole nitrogens is 1. The number of rotatable bonds is 7. The minimum atomic E-state index is -0.144. The molecule has 2 aromatic heterocycles. The van der Waals surface area contributed by atoms with Crippen LogP contribution >= 0.6 is 11.3 Å². The molecule has 1 aromatic carbocycles. The van der Waals surface area contributed by atoms with Gasteiger partial charge in [-0.3, -0.25) is 9.59 Å². The average molecular weight is 421 g/mol. The fourth-order valence-electron chi connectivity index (χ4n) is 3.51. The minimum Gasteiger partial charge on any atom is -0.370 e. The molecular weight excluding hydrogens is 396 g/mol. The fourth-order valence-corrected chi connectivity index (χ4v) is 4.49. The molecule has 0 spiro atoms. The summed E-state index contributed by atoms with van der Waals surface area (Å²) < 4.78 is 0. The Morgan fingerprint density at radius 3 is 2.83 bits per heavy atom. The first-order valence-electron chi connectivity index (χ1n) is 9.95. The van der Waals surface area contributed by atoms with Crippen LogP contribution in [0.15, 0.2) is 48.7 Å². The van der Waals surface area contributed by atoms with Crippen molar-refractivity contribution in [2.24, 2.45) is 0 Å². The van der Waals surface area contributed by atoms with Crippen molar-refractivity contribution in [1.29, 1.82) is 0 Å². The van der Waals surface area contributed by atoms with Crippen LogP contribution in [0.1, 0.15) is 33.4 Å². The largest absolute Gasteiger partial charge is 0.370 e. The fraction of sp³-hybridized carbons (Fsp3) is 0.217. The summed E-state index contributed by atoms with van der Waals surface area (Å²) in [6, 6.07) is 13.9. The van der Waals surface area contributed by atoms with E-state index in [4.69, 9.17) is 0 Å². The van der Waals surface area contributed by atoms with Gasteiger partial charge in [-0.15, -0.1) is 11.3 Å². The number of aromatic nitrogens is 1. The Hall–Kier alpha value is -3.32. The van der Waals surface area contributed by atoms with Crippen molar-refractivity contribution >= 4 is 45.5 Å². The number of likely N-dealkylation sites (N-methyl/N-ethyl adjacent to an activating group) is 1. The lowest BCUT2D eigenvalue weighted by Gasteiger charge is -2.23. The van der Waals surface area contributed by atoms with Gasteiger partial charge in [-0.05, 0) is 55.8 Å². The first-order chi connectivity index (χ1) is 14.5. The number of nitrogens with zero attached hydrogens (tertiary/aromatic N) is 1. The number of aromatic amines is 1. The molecule has 0 bridgehead atoms. The third-order valence-electron chi connectivity index (χ3n) is 5.06. The van der Waals surface area contributed by atoms with E-state index in [-0.39, 0.29) is 11.8 Å². The number of hydrogen-bond donors (Lipinski definition) is 3. The molecule has 0 aliphatic carbocycles. The quantitative estimate of drug-likeness (QED) is 0.503. The summed E-state index contributed by atoms with van der Waals surface area (Å²) in [6.07, 6.45) is 3.61. The lowest BCUT2D eigenvalue weighted by atomic mass is 10.1. The first kappa shape index (κ1) is 20.0. The van der Waals surface area contributed by atoms with E-state index >= 15 is 0 Å². The van der Waals surface area contributed by atoms with E-state index in [2.05, 4.69) is 52.6 Å².